The third kappa shape index (κ3) is 3.96. The average molecular weight is 359 g/mol. The summed E-state index contributed by atoms with van der Waals surface area (Å²) in [6.07, 6.45) is 2.61. The van der Waals surface area contributed by atoms with Gasteiger partial charge in [0.2, 0.25) is 0 Å². The molecular weight excluding hydrogens is 340 g/mol. The minimum atomic E-state index is -0.0835. The third-order valence-electron chi connectivity index (χ3n) is 3.92. The first-order chi connectivity index (χ1) is 10.7. The van der Waals surface area contributed by atoms with E-state index in [1.54, 1.807) is 12.1 Å². The van der Waals surface area contributed by atoms with Gasteiger partial charge < -0.3 is 5.32 Å². The average Bonchev–Trinajstić information content (AvgIpc) is 3.03. The maximum Gasteiger partial charge on any atom is 0.255 e. The molecule has 0 spiro atoms. The molecule has 1 amide bonds. The quantitative estimate of drug-likeness (QED) is 0.883. The Bertz CT molecular complexity index is 631. The van der Waals surface area contributed by atoms with Crippen molar-refractivity contribution < 1.29 is 4.79 Å². The van der Waals surface area contributed by atoms with Gasteiger partial charge in [0, 0.05) is 22.3 Å². The Labute approximate surface area is 139 Å². The van der Waals surface area contributed by atoms with E-state index in [0.29, 0.717) is 5.56 Å². The van der Waals surface area contributed by atoms with Crippen LogP contribution in [0.3, 0.4) is 0 Å². The van der Waals surface area contributed by atoms with E-state index in [4.69, 9.17) is 0 Å². The van der Waals surface area contributed by atoms with Crippen molar-refractivity contribution in [2.24, 2.45) is 0 Å². The zero-order valence-electron chi connectivity index (χ0n) is 12.4. The van der Waals surface area contributed by atoms with E-state index in [9.17, 15) is 4.79 Å². The number of hydrogen-bond donors (Lipinski definition) is 1. The van der Waals surface area contributed by atoms with Gasteiger partial charge in [-0.2, -0.15) is 0 Å². The molecule has 2 aromatic carbocycles. The molecular formula is C18H19BrN2O. The number of carbonyl (C=O) groups is 1. The predicted molar refractivity (Wildman–Crippen MR) is 93.0 cm³/mol. The summed E-state index contributed by atoms with van der Waals surface area (Å²) < 4.78 is 0.968. The van der Waals surface area contributed by atoms with E-state index in [0.717, 1.165) is 16.7 Å². The van der Waals surface area contributed by atoms with Gasteiger partial charge in [0.05, 0.1) is 0 Å². The highest BCUT2D eigenvalue weighted by Crippen LogP contribution is 2.16. The van der Waals surface area contributed by atoms with Crippen molar-refractivity contribution in [3.63, 3.8) is 0 Å². The minimum Gasteiger partial charge on any atom is -0.322 e. The Balaban J connectivity index is 1.60. The van der Waals surface area contributed by atoms with Crippen molar-refractivity contribution in [2.45, 2.75) is 19.4 Å². The smallest absolute Gasteiger partial charge is 0.255 e. The number of benzene rings is 2. The van der Waals surface area contributed by atoms with E-state index in [2.05, 4.69) is 38.3 Å². The first-order valence-corrected chi connectivity index (χ1v) is 8.38. The molecule has 1 fully saturated rings. The Hall–Kier alpha value is -1.65. The van der Waals surface area contributed by atoms with Gasteiger partial charge in [-0.3, -0.25) is 9.69 Å². The van der Waals surface area contributed by atoms with Crippen molar-refractivity contribution in [1.29, 1.82) is 0 Å². The lowest BCUT2D eigenvalue weighted by Gasteiger charge is -2.14. The van der Waals surface area contributed by atoms with Gasteiger partial charge in [0.15, 0.2) is 0 Å². The summed E-state index contributed by atoms with van der Waals surface area (Å²) in [4.78, 5) is 14.6. The Kier molecular flexibility index (Phi) is 4.90. The fraction of sp³-hybridized carbons (Fsp3) is 0.278. The van der Waals surface area contributed by atoms with Gasteiger partial charge in [-0.1, -0.05) is 28.1 Å². The molecule has 1 N–H and O–H groups in total. The second-order valence-electron chi connectivity index (χ2n) is 5.64. The summed E-state index contributed by atoms with van der Waals surface area (Å²) in [6.45, 7) is 3.39. The van der Waals surface area contributed by atoms with Crippen LogP contribution in [0.4, 0.5) is 5.69 Å². The zero-order chi connectivity index (χ0) is 15.4. The number of carbonyl (C=O) groups excluding carboxylic acids is 1. The van der Waals surface area contributed by atoms with Crippen LogP contribution in [0.1, 0.15) is 28.8 Å². The molecule has 22 heavy (non-hydrogen) atoms. The molecule has 1 aliphatic heterocycles. The van der Waals surface area contributed by atoms with E-state index in [1.807, 2.05) is 24.3 Å². The lowest BCUT2D eigenvalue weighted by Crippen LogP contribution is -2.18. The molecule has 0 atom stereocenters. The van der Waals surface area contributed by atoms with Crippen LogP contribution >= 0.6 is 15.9 Å². The number of nitrogens with one attached hydrogen (secondary N) is 1. The van der Waals surface area contributed by atoms with Crippen molar-refractivity contribution in [3.05, 3.63) is 64.1 Å². The Morgan fingerprint density at radius 2 is 1.64 bits per heavy atom. The van der Waals surface area contributed by atoms with Gasteiger partial charge in [-0.15, -0.1) is 0 Å². The summed E-state index contributed by atoms with van der Waals surface area (Å²) in [5.41, 5.74) is 2.78. The Morgan fingerprint density at radius 3 is 2.27 bits per heavy atom. The Morgan fingerprint density at radius 1 is 1.00 bits per heavy atom. The molecule has 0 saturated carbocycles. The molecule has 0 bridgehead atoms. The molecule has 4 heteroatoms. The zero-order valence-corrected chi connectivity index (χ0v) is 14.0. The standard InChI is InChI=1S/C18H19BrN2O/c19-16-7-5-15(6-8-16)18(22)20-17-9-3-14(4-10-17)13-21-11-1-2-12-21/h3-10H,1-2,11-13H2,(H,20,22). The van der Waals surface area contributed by atoms with Crippen molar-refractivity contribution in [1.82, 2.24) is 4.90 Å². The van der Waals surface area contributed by atoms with Crippen LogP contribution in [0, 0.1) is 0 Å². The molecule has 3 nitrogen and oxygen atoms in total. The highest BCUT2D eigenvalue weighted by Gasteiger charge is 2.11. The van der Waals surface area contributed by atoms with Crippen molar-refractivity contribution in [2.75, 3.05) is 18.4 Å². The second kappa shape index (κ2) is 7.07. The molecule has 1 heterocycles. The topological polar surface area (TPSA) is 32.3 Å². The SMILES string of the molecule is O=C(Nc1ccc(CN2CCCC2)cc1)c1ccc(Br)cc1. The fourth-order valence-corrected chi connectivity index (χ4v) is 2.96. The number of hydrogen-bond acceptors (Lipinski definition) is 2. The molecule has 114 valence electrons. The lowest BCUT2D eigenvalue weighted by atomic mass is 10.1. The molecule has 1 saturated heterocycles. The van der Waals surface area contributed by atoms with E-state index < -0.39 is 0 Å². The van der Waals surface area contributed by atoms with Crippen LogP contribution in [0.5, 0.6) is 0 Å². The van der Waals surface area contributed by atoms with Crippen LogP contribution in [-0.2, 0) is 6.54 Å². The van der Waals surface area contributed by atoms with Gasteiger partial charge in [0.1, 0.15) is 0 Å². The maximum atomic E-state index is 12.2. The van der Waals surface area contributed by atoms with E-state index >= 15 is 0 Å². The fourth-order valence-electron chi connectivity index (χ4n) is 2.70. The van der Waals surface area contributed by atoms with Gasteiger partial charge >= 0.3 is 0 Å². The number of rotatable bonds is 4. The summed E-state index contributed by atoms with van der Waals surface area (Å²) in [6, 6.07) is 15.5. The van der Waals surface area contributed by atoms with E-state index in [1.165, 1.54) is 31.5 Å². The number of likely N-dealkylation sites (tertiary alicyclic amines) is 1. The largest absolute Gasteiger partial charge is 0.322 e. The summed E-state index contributed by atoms with van der Waals surface area (Å²) in [5.74, 6) is -0.0835. The van der Waals surface area contributed by atoms with Crippen molar-refractivity contribution >= 4 is 27.5 Å². The van der Waals surface area contributed by atoms with Gasteiger partial charge in [-0.25, -0.2) is 0 Å². The molecule has 0 unspecified atom stereocenters. The number of halogens is 1. The van der Waals surface area contributed by atoms with Crippen LogP contribution < -0.4 is 5.32 Å². The van der Waals surface area contributed by atoms with Crippen LogP contribution in [0.2, 0.25) is 0 Å². The molecule has 1 aliphatic rings. The van der Waals surface area contributed by atoms with Crippen molar-refractivity contribution in [3.8, 4) is 0 Å². The number of anilines is 1. The molecule has 3 rings (SSSR count). The maximum absolute atomic E-state index is 12.2. The predicted octanol–water partition coefficient (Wildman–Crippen LogP) is 4.30. The lowest BCUT2D eigenvalue weighted by molar-refractivity contribution is 0.102. The van der Waals surface area contributed by atoms with Gasteiger partial charge in [0.25, 0.3) is 5.91 Å². The highest BCUT2D eigenvalue weighted by atomic mass is 79.9. The molecule has 0 aliphatic carbocycles. The molecule has 0 radical (unpaired) electrons. The summed E-state index contributed by atoms with van der Waals surface area (Å²) in [7, 11) is 0. The summed E-state index contributed by atoms with van der Waals surface area (Å²) >= 11 is 3.37. The third-order valence-corrected chi connectivity index (χ3v) is 4.45. The highest BCUT2D eigenvalue weighted by molar-refractivity contribution is 9.10. The first-order valence-electron chi connectivity index (χ1n) is 7.59. The monoisotopic (exact) mass is 358 g/mol. The number of amides is 1. The van der Waals surface area contributed by atoms with E-state index in [-0.39, 0.29) is 5.91 Å². The van der Waals surface area contributed by atoms with Gasteiger partial charge in [-0.05, 0) is 67.9 Å². The first kappa shape index (κ1) is 15.3. The minimum absolute atomic E-state index is 0.0835. The van der Waals surface area contributed by atoms with Crippen LogP contribution in [-0.4, -0.2) is 23.9 Å². The van der Waals surface area contributed by atoms with Crippen LogP contribution in [0.15, 0.2) is 53.0 Å². The molecule has 0 aromatic heterocycles. The number of nitrogens with zero attached hydrogens (tertiary/aromatic N) is 1. The molecule has 2 aromatic rings. The van der Waals surface area contributed by atoms with Crippen LogP contribution in [0.25, 0.3) is 0 Å². The normalized spacial score (nSPS) is 15.0. The second-order valence-corrected chi connectivity index (χ2v) is 6.56. The summed E-state index contributed by atoms with van der Waals surface area (Å²) in [5, 5.41) is 2.93.